The van der Waals surface area contributed by atoms with Gasteiger partial charge in [0.25, 0.3) is 5.91 Å². The Morgan fingerprint density at radius 3 is 2.76 bits per heavy atom. The van der Waals surface area contributed by atoms with Crippen molar-refractivity contribution in [3.63, 3.8) is 0 Å². The first-order chi connectivity index (χ1) is 9.98. The average Bonchev–Trinajstić information content (AvgIpc) is 2.48. The van der Waals surface area contributed by atoms with Gasteiger partial charge in [-0.25, -0.2) is 0 Å². The normalized spacial score (nSPS) is 32.2. The molecule has 0 aromatic heterocycles. The van der Waals surface area contributed by atoms with Crippen LogP contribution in [-0.2, 0) is 0 Å². The molecular formula is C18H22N2O. The summed E-state index contributed by atoms with van der Waals surface area (Å²) in [7, 11) is 0. The van der Waals surface area contributed by atoms with Crippen molar-refractivity contribution in [1.29, 1.82) is 0 Å². The molecule has 0 saturated heterocycles. The van der Waals surface area contributed by atoms with Crippen LogP contribution in [0.25, 0.3) is 0 Å². The Morgan fingerprint density at radius 1 is 1.24 bits per heavy atom. The van der Waals surface area contributed by atoms with E-state index in [4.69, 9.17) is 0 Å². The van der Waals surface area contributed by atoms with Gasteiger partial charge in [0.2, 0.25) is 0 Å². The lowest BCUT2D eigenvalue weighted by molar-refractivity contribution is -0.0100. The highest BCUT2D eigenvalue weighted by atomic mass is 16.2. The van der Waals surface area contributed by atoms with Gasteiger partial charge in [0.1, 0.15) is 6.17 Å². The van der Waals surface area contributed by atoms with Crippen LogP contribution in [-0.4, -0.2) is 12.1 Å². The summed E-state index contributed by atoms with van der Waals surface area (Å²) in [5.74, 6) is 1.46. The summed E-state index contributed by atoms with van der Waals surface area (Å²) < 4.78 is 0. The van der Waals surface area contributed by atoms with Crippen molar-refractivity contribution in [3.05, 3.63) is 41.0 Å². The van der Waals surface area contributed by atoms with Gasteiger partial charge >= 0.3 is 0 Å². The smallest absolute Gasteiger partial charge is 0.255 e. The van der Waals surface area contributed by atoms with Crippen molar-refractivity contribution < 1.29 is 4.79 Å². The second-order valence-corrected chi connectivity index (χ2v) is 7.29. The van der Waals surface area contributed by atoms with Crippen LogP contribution in [0.1, 0.15) is 42.6 Å². The molecule has 0 unspecified atom stereocenters. The molecule has 1 aliphatic heterocycles. The van der Waals surface area contributed by atoms with Crippen molar-refractivity contribution in [2.24, 2.45) is 17.3 Å². The average molecular weight is 282 g/mol. The lowest BCUT2D eigenvalue weighted by Gasteiger charge is -2.57. The summed E-state index contributed by atoms with van der Waals surface area (Å²) in [6.45, 7) is 6.78. The largest absolute Gasteiger partial charge is 0.361 e. The number of amides is 1. The zero-order valence-electron chi connectivity index (χ0n) is 12.9. The number of benzene rings is 1. The van der Waals surface area contributed by atoms with E-state index in [0.29, 0.717) is 11.3 Å². The number of fused-ring (bicyclic) bond motifs is 2. The fraction of sp³-hybridized carbons (Fsp3) is 0.500. The van der Waals surface area contributed by atoms with Crippen LogP contribution in [0.3, 0.4) is 0 Å². The number of aryl methyl sites for hydroxylation is 1. The van der Waals surface area contributed by atoms with Crippen LogP contribution >= 0.6 is 0 Å². The van der Waals surface area contributed by atoms with E-state index in [1.807, 2.05) is 12.1 Å². The number of hydrogen-bond donors (Lipinski definition) is 2. The van der Waals surface area contributed by atoms with Gasteiger partial charge in [0.15, 0.2) is 0 Å². The predicted octanol–water partition coefficient (Wildman–Crippen LogP) is 3.47. The van der Waals surface area contributed by atoms with Gasteiger partial charge in [-0.1, -0.05) is 32.1 Å². The second kappa shape index (κ2) is 4.12. The highest BCUT2D eigenvalue weighted by molar-refractivity contribution is 6.02. The number of nitrogens with one attached hydrogen (secondary N) is 2. The van der Waals surface area contributed by atoms with E-state index >= 15 is 0 Å². The lowest BCUT2D eigenvalue weighted by atomic mass is 9.48. The number of rotatable bonds is 1. The molecule has 1 fully saturated rings. The predicted molar refractivity (Wildman–Crippen MR) is 84.1 cm³/mol. The number of anilines is 1. The summed E-state index contributed by atoms with van der Waals surface area (Å²) in [5.41, 5.74) is 4.64. The molecule has 1 saturated carbocycles. The Hall–Kier alpha value is -1.77. The summed E-state index contributed by atoms with van der Waals surface area (Å²) in [4.78, 5) is 12.4. The van der Waals surface area contributed by atoms with Crippen molar-refractivity contribution in [2.45, 2.75) is 39.8 Å². The molecular weight excluding hydrogens is 260 g/mol. The minimum absolute atomic E-state index is 0.0394. The van der Waals surface area contributed by atoms with Gasteiger partial charge in [0.05, 0.1) is 11.3 Å². The van der Waals surface area contributed by atoms with Gasteiger partial charge in [0, 0.05) is 0 Å². The van der Waals surface area contributed by atoms with Gasteiger partial charge in [-0.2, -0.15) is 0 Å². The van der Waals surface area contributed by atoms with E-state index in [0.717, 1.165) is 29.2 Å². The molecule has 1 aromatic rings. The first-order valence-electron chi connectivity index (χ1n) is 7.85. The summed E-state index contributed by atoms with van der Waals surface area (Å²) in [6, 6.07) is 5.88. The number of carbonyl (C=O) groups excluding carboxylic acids is 1. The number of para-hydroxylation sites is 1. The molecule has 1 amide bonds. The molecule has 0 radical (unpaired) electrons. The minimum atomic E-state index is -0.0448. The zero-order chi connectivity index (χ0) is 14.8. The molecule has 1 aromatic carbocycles. The SMILES string of the molecule is Cc1cccc2c1N[C@@H](C1=CC[C@H]3C[C@H]1C3(C)C)NC2=O. The maximum atomic E-state index is 12.4. The Labute approximate surface area is 125 Å². The monoisotopic (exact) mass is 282 g/mol. The van der Waals surface area contributed by atoms with Gasteiger partial charge in [-0.15, -0.1) is 0 Å². The first kappa shape index (κ1) is 12.9. The molecule has 110 valence electrons. The molecule has 1 heterocycles. The molecule has 3 nitrogen and oxygen atoms in total. The molecule has 3 heteroatoms. The Balaban J connectivity index is 1.69. The third-order valence-electron chi connectivity index (χ3n) is 5.93. The molecule has 0 spiro atoms. The topological polar surface area (TPSA) is 41.1 Å². The van der Waals surface area contributed by atoms with Crippen LogP contribution < -0.4 is 10.6 Å². The van der Waals surface area contributed by atoms with E-state index in [1.165, 1.54) is 12.0 Å². The first-order valence-corrected chi connectivity index (χ1v) is 7.85. The molecule has 4 aliphatic rings. The third-order valence-corrected chi connectivity index (χ3v) is 5.93. The summed E-state index contributed by atoms with van der Waals surface area (Å²) in [5, 5.41) is 6.70. The van der Waals surface area contributed by atoms with Crippen LogP contribution in [0.15, 0.2) is 29.8 Å². The number of hydrogen-bond acceptors (Lipinski definition) is 2. The number of carbonyl (C=O) groups is 1. The highest BCUT2D eigenvalue weighted by Crippen LogP contribution is 2.59. The fourth-order valence-electron chi connectivity index (χ4n) is 4.33. The molecule has 3 atom stereocenters. The van der Waals surface area contributed by atoms with Crippen LogP contribution in [0.2, 0.25) is 0 Å². The van der Waals surface area contributed by atoms with Crippen LogP contribution in [0.5, 0.6) is 0 Å². The Morgan fingerprint density at radius 2 is 2.05 bits per heavy atom. The van der Waals surface area contributed by atoms with Crippen molar-refractivity contribution in [2.75, 3.05) is 5.32 Å². The van der Waals surface area contributed by atoms with E-state index in [2.05, 4.69) is 43.5 Å². The molecule has 5 rings (SSSR count). The third kappa shape index (κ3) is 1.69. The summed E-state index contributed by atoms with van der Waals surface area (Å²) in [6.07, 6.45) is 4.73. The standard InChI is InChI=1S/C18H22N2O/c1-10-5-4-6-13-15(10)19-16(20-17(13)21)12-8-7-11-9-14(12)18(11,2)3/h4-6,8,11,14,16,19H,7,9H2,1-3H3,(H,20,21)/t11-,14+,16+/m0/s1. The molecule has 3 aliphatic carbocycles. The van der Waals surface area contributed by atoms with Crippen molar-refractivity contribution in [1.82, 2.24) is 5.32 Å². The van der Waals surface area contributed by atoms with Gasteiger partial charge in [-0.3, -0.25) is 4.79 Å². The zero-order valence-corrected chi connectivity index (χ0v) is 12.9. The number of allylic oxidation sites excluding steroid dienone is 1. The fourth-order valence-corrected chi connectivity index (χ4v) is 4.33. The molecule has 2 bridgehead atoms. The van der Waals surface area contributed by atoms with Crippen LogP contribution in [0.4, 0.5) is 5.69 Å². The minimum Gasteiger partial charge on any atom is -0.361 e. The maximum Gasteiger partial charge on any atom is 0.255 e. The highest BCUT2D eigenvalue weighted by Gasteiger charge is 2.53. The Bertz CT molecular complexity index is 659. The van der Waals surface area contributed by atoms with Gasteiger partial charge in [-0.05, 0) is 54.2 Å². The summed E-state index contributed by atoms with van der Waals surface area (Å²) >= 11 is 0. The second-order valence-electron chi connectivity index (χ2n) is 7.29. The lowest BCUT2D eigenvalue weighted by Crippen LogP contribution is -2.55. The quantitative estimate of drug-likeness (QED) is 0.774. The van der Waals surface area contributed by atoms with E-state index in [-0.39, 0.29) is 12.1 Å². The van der Waals surface area contributed by atoms with E-state index < -0.39 is 0 Å². The van der Waals surface area contributed by atoms with Crippen molar-refractivity contribution in [3.8, 4) is 0 Å². The molecule has 21 heavy (non-hydrogen) atoms. The van der Waals surface area contributed by atoms with Gasteiger partial charge < -0.3 is 10.6 Å². The van der Waals surface area contributed by atoms with Crippen LogP contribution in [0, 0.1) is 24.2 Å². The Kier molecular flexibility index (Phi) is 2.54. The van der Waals surface area contributed by atoms with E-state index in [9.17, 15) is 4.79 Å². The van der Waals surface area contributed by atoms with Crippen molar-refractivity contribution >= 4 is 11.6 Å². The molecule has 2 N–H and O–H groups in total. The van der Waals surface area contributed by atoms with E-state index in [1.54, 1.807) is 0 Å². The maximum absolute atomic E-state index is 12.4.